The van der Waals surface area contributed by atoms with E-state index >= 15 is 0 Å². The summed E-state index contributed by atoms with van der Waals surface area (Å²) in [4.78, 5) is 5.27. The molecule has 15 heavy (non-hydrogen) atoms. The Morgan fingerprint density at radius 3 is 2.27 bits per heavy atom. The number of rotatable bonds is 5. The van der Waals surface area contributed by atoms with Crippen LogP contribution in [-0.4, -0.2) is 31.2 Å². The lowest BCUT2D eigenvalue weighted by molar-refractivity contribution is 0.566. The van der Waals surface area contributed by atoms with Gasteiger partial charge in [0.1, 0.15) is 5.82 Å². The fourth-order valence-electron chi connectivity index (χ4n) is 1.28. The van der Waals surface area contributed by atoms with Gasteiger partial charge in [-0.05, 0) is 0 Å². The highest BCUT2D eigenvalue weighted by atomic mass is 19.1. The topological polar surface area (TPSA) is 68.2 Å². The summed E-state index contributed by atoms with van der Waals surface area (Å²) >= 11 is 0. The van der Waals surface area contributed by atoms with E-state index in [1.807, 2.05) is 0 Å². The van der Waals surface area contributed by atoms with E-state index in [-0.39, 0.29) is 5.82 Å². The fourth-order valence-corrected chi connectivity index (χ4v) is 1.28. The minimum atomic E-state index is -0.698. The Labute approximate surface area is 86.9 Å². The second-order valence-electron chi connectivity index (χ2n) is 3.02. The quantitative estimate of drug-likeness (QED) is 0.731. The third kappa shape index (κ3) is 3.10. The van der Waals surface area contributed by atoms with Gasteiger partial charge in [-0.3, -0.25) is 0 Å². The first kappa shape index (κ1) is 11.8. The van der Waals surface area contributed by atoms with Crippen LogP contribution in [-0.2, 0) is 0 Å². The van der Waals surface area contributed by atoms with Gasteiger partial charge in [0.2, 0.25) is 0 Å². The molecule has 0 bridgehead atoms. The molecule has 0 atom stereocenters. The Bertz CT molecular complexity index is 313. The summed E-state index contributed by atoms with van der Waals surface area (Å²) in [6.45, 7) is 1.59. The number of halogens is 2. The van der Waals surface area contributed by atoms with Crippen molar-refractivity contribution in [3.63, 3.8) is 0 Å². The largest absolute Gasteiger partial charge is 0.352 e. The van der Waals surface area contributed by atoms with E-state index in [0.717, 1.165) is 12.3 Å². The zero-order valence-corrected chi connectivity index (χ0v) is 8.29. The van der Waals surface area contributed by atoms with Crippen LogP contribution in [0.2, 0.25) is 0 Å². The van der Waals surface area contributed by atoms with Gasteiger partial charge in [0, 0.05) is 32.2 Å². The highest BCUT2D eigenvalue weighted by molar-refractivity contribution is 5.39. The van der Waals surface area contributed by atoms with Crippen molar-refractivity contribution in [3.05, 3.63) is 23.9 Å². The van der Waals surface area contributed by atoms with Crippen molar-refractivity contribution >= 4 is 5.82 Å². The van der Waals surface area contributed by atoms with Crippen LogP contribution in [0.25, 0.3) is 0 Å². The first-order valence-electron chi connectivity index (χ1n) is 4.65. The van der Waals surface area contributed by atoms with Gasteiger partial charge in [0.05, 0.1) is 6.20 Å². The number of hydrogen-bond acceptors (Lipinski definition) is 4. The zero-order chi connectivity index (χ0) is 11.3. The number of anilines is 1. The minimum absolute atomic E-state index is 0.0901. The maximum atomic E-state index is 13.3. The first-order valence-corrected chi connectivity index (χ1v) is 4.65. The molecule has 0 aliphatic rings. The summed E-state index contributed by atoms with van der Waals surface area (Å²) in [5.74, 6) is -1.30. The van der Waals surface area contributed by atoms with Gasteiger partial charge in [-0.1, -0.05) is 0 Å². The van der Waals surface area contributed by atoms with Crippen LogP contribution < -0.4 is 16.4 Å². The lowest BCUT2D eigenvalue weighted by Crippen LogP contribution is -2.35. The minimum Gasteiger partial charge on any atom is -0.352 e. The van der Waals surface area contributed by atoms with Crippen molar-refractivity contribution in [2.45, 2.75) is 0 Å². The van der Waals surface area contributed by atoms with E-state index in [9.17, 15) is 8.78 Å². The van der Waals surface area contributed by atoms with Crippen LogP contribution in [0.1, 0.15) is 0 Å². The van der Waals surface area contributed by atoms with Crippen molar-refractivity contribution in [1.82, 2.24) is 4.98 Å². The van der Waals surface area contributed by atoms with Gasteiger partial charge < -0.3 is 16.4 Å². The Balaban J connectivity index is 2.89. The molecule has 0 fully saturated rings. The molecule has 84 valence electrons. The molecule has 4 nitrogen and oxygen atoms in total. The third-order valence-electron chi connectivity index (χ3n) is 1.89. The summed E-state index contributed by atoms with van der Waals surface area (Å²) in [7, 11) is 0. The second-order valence-corrected chi connectivity index (χ2v) is 3.02. The van der Waals surface area contributed by atoms with Crippen LogP contribution in [0, 0.1) is 11.6 Å². The summed E-state index contributed by atoms with van der Waals surface area (Å²) in [5.41, 5.74) is 10.7. The molecule has 0 aliphatic carbocycles. The highest BCUT2D eigenvalue weighted by Crippen LogP contribution is 2.15. The van der Waals surface area contributed by atoms with Gasteiger partial charge >= 0.3 is 0 Å². The highest BCUT2D eigenvalue weighted by Gasteiger charge is 2.12. The normalized spacial score (nSPS) is 10.4. The molecule has 4 N–H and O–H groups in total. The Morgan fingerprint density at radius 2 is 1.80 bits per heavy atom. The van der Waals surface area contributed by atoms with Gasteiger partial charge in [0.15, 0.2) is 11.6 Å². The molecule has 0 spiro atoms. The summed E-state index contributed by atoms with van der Waals surface area (Å²) in [5, 5.41) is 0. The lowest BCUT2D eigenvalue weighted by atomic mass is 10.3. The van der Waals surface area contributed by atoms with Gasteiger partial charge in [-0.2, -0.15) is 0 Å². The van der Waals surface area contributed by atoms with E-state index in [4.69, 9.17) is 11.5 Å². The van der Waals surface area contributed by atoms with E-state index < -0.39 is 11.6 Å². The molecule has 0 saturated carbocycles. The first-order chi connectivity index (χ1) is 7.19. The van der Waals surface area contributed by atoms with Crippen molar-refractivity contribution in [3.8, 4) is 0 Å². The van der Waals surface area contributed by atoms with E-state index in [1.54, 1.807) is 4.90 Å². The van der Waals surface area contributed by atoms with Crippen molar-refractivity contribution in [2.75, 3.05) is 31.1 Å². The molecule has 0 aromatic carbocycles. The maximum absolute atomic E-state index is 13.3. The smallest absolute Gasteiger partial charge is 0.168 e. The predicted molar refractivity (Wildman–Crippen MR) is 54.5 cm³/mol. The summed E-state index contributed by atoms with van der Waals surface area (Å²) < 4.78 is 25.9. The van der Waals surface area contributed by atoms with Gasteiger partial charge in [0.25, 0.3) is 0 Å². The molecule has 1 heterocycles. The van der Waals surface area contributed by atoms with Crippen LogP contribution in [0.4, 0.5) is 14.6 Å². The number of hydrogen-bond donors (Lipinski definition) is 2. The maximum Gasteiger partial charge on any atom is 0.168 e. The average molecular weight is 216 g/mol. The Morgan fingerprint density at radius 1 is 1.20 bits per heavy atom. The molecule has 6 heteroatoms. The Kier molecular flexibility index (Phi) is 4.38. The van der Waals surface area contributed by atoms with E-state index in [2.05, 4.69) is 4.98 Å². The van der Waals surface area contributed by atoms with Crippen molar-refractivity contribution in [2.24, 2.45) is 11.5 Å². The van der Waals surface area contributed by atoms with E-state index in [0.29, 0.717) is 26.2 Å². The molecular formula is C9H14F2N4. The van der Waals surface area contributed by atoms with Crippen LogP contribution in [0.5, 0.6) is 0 Å². The molecule has 0 saturated heterocycles. The summed E-state index contributed by atoms with van der Waals surface area (Å²) in [6, 6.07) is 0.794. The predicted octanol–water partition coefficient (Wildman–Crippen LogP) is 0.0836. The molecular weight excluding hydrogens is 202 g/mol. The Hall–Kier alpha value is -1.27. The van der Waals surface area contributed by atoms with Crippen molar-refractivity contribution < 1.29 is 8.78 Å². The average Bonchev–Trinajstić information content (AvgIpc) is 2.17. The number of nitrogens with two attached hydrogens (primary N) is 2. The van der Waals surface area contributed by atoms with E-state index in [1.165, 1.54) is 0 Å². The lowest BCUT2D eigenvalue weighted by Gasteiger charge is -2.22. The molecule has 0 unspecified atom stereocenters. The zero-order valence-electron chi connectivity index (χ0n) is 8.29. The standard InChI is InChI=1S/C9H14F2N4/c10-7-5-8(11)9(14-6-7)15(3-1-12)4-2-13/h5-6H,1-4,12-13H2. The molecule has 0 radical (unpaired) electrons. The molecule has 1 aromatic rings. The second kappa shape index (κ2) is 5.57. The molecule has 0 amide bonds. The third-order valence-corrected chi connectivity index (χ3v) is 1.89. The molecule has 1 aromatic heterocycles. The number of aromatic nitrogens is 1. The summed E-state index contributed by atoms with van der Waals surface area (Å²) in [6.07, 6.45) is 0.971. The van der Waals surface area contributed by atoms with Crippen LogP contribution >= 0.6 is 0 Å². The number of nitrogens with zero attached hydrogens (tertiary/aromatic N) is 2. The molecule has 0 aliphatic heterocycles. The fraction of sp³-hybridized carbons (Fsp3) is 0.444. The molecule has 1 rings (SSSR count). The van der Waals surface area contributed by atoms with Crippen molar-refractivity contribution in [1.29, 1.82) is 0 Å². The monoisotopic (exact) mass is 216 g/mol. The number of pyridine rings is 1. The van der Waals surface area contributed by atoms with Crippen LogP contribution in [0.15, 0.2) is 12.3 Å². The van der Waals surface area contributed by atoms with Gasteiger partial charge in [-0.25, -0.2) is 13.8 Å². The SMILES string of the molecule is NCCN(CCN)c1ncc(F)cc1F. The van der Waals surface area contributed by atoms with Crippen LogP contribution in [0.3, 0.4) is 0 Å². The van der Waals surface area contributed by atoms with Gasteiger partial charge in [-0.15, -0.1) is 0 Å².